The van der Waals surface area contributed by atoms with Gasteiger partial charge in [-0.2, -0.15) is 0 Å². The predicted molar refractivity (Wildman–Crippen MR) is 133 cm³/mol. The van der Waals surface area contributed by atoms with E-state index in [-0.39, 0.29) is 41.9 Å². The van der Waals surface area contributed by atoms with Crippen molar-refractivity contribution in [1.82, 2.24) is 15.3 Å². The lowest BCUT2D eigenvalue weighted by atomic mass is 9.77. The largest absolute Gasteiger partial charge is 0.370 e. The van der Waals surface area contributed by atoms with Gasteiger partial charge < -0.3 is 15.3 Å². The molecule has 2 N–H and O–H groups in total. The number of benzene rings is 1. The highest BCUT2D eigenvalue weighted by Gasteiger charge is 2.53. The van der Waals surface area contributed by atoms with Gasteiger partial charge in [-0.1, -0.05) is 0 Å². The van der Waals surface area contributed by atoms with Gasteiger partial charge in [-0.25, -0.2) is 17.6 Å². The Labute approximate surface area is 225 Å². The molecule has 0 saturated heterocycles. The Kier molecular flexibility index (Phi) is 7.30. The summed E-state index contributed by atoms with van der Waals surface area (Å²) in [6.45, 7) is -0.151. The van der Waals surface area contributed by atoms with Crippen LogP contribution in [0.1, 0.15) is 34.5 Å². The number of hydrogen-bond donors (Lipinski definition) is 2. The predicted octanol–water partition coefficient (Wildman–Crippen LogP) is 4.03. The second kappa shape index (κ2) is 10.5. The van der Waals surface area contributed by atoms with Crippen LogP contribution in [0.25, 0.3) is 0 Å². The first kappa shape index (κ1) is 27.0. The van der Waals surface area contributed by atoms with E-state index in [1.54, 1.807) is 6.07 Å². The number of fused-ring (bicyclic) bond motifs is 1. The molecular formula is C27H23ClF4N4O3. The number of carbonyl (C=O) groups is 2. The number of pyridine rings is 2. The van der Waals surface area contributed by atoms with E-state index in [1.807, 2.05) is 0 Å². The van der Waals surface area contributed by atoms with Crippen molar-refractivity contribution in [2.75, 3.05) is 11.4 Å². The number of nitrogens with zero attached hydrogens (tertiary/aromatic N) is 3. The maximum Gasteiger partial charge on any atom is 0.270 e. The van der Waals surface area contributed by atoms with Crippen molar-refractivity contribution in [2.45, 2.75) is 36.3 Å². The van der Waals surface area contributed by atoms with Crippen molar-refractivity contribution in [3.63, 3.8) is 0 Å². The van der Waals surface area contributed by atoms with Gasteiger partial charge in [0.1, 0.15) is 11.6 Å². The average molecular weight is 563 g/mol. The topological polar surface area (TPSA) is 95.4 Å². The van der Waals surface area contributed by atoms with E-state index in [0.29, 0.717) is 0 Å². The van der Waals surface area contributed by atoms with Crippen LogP contribution in [0.4, 0.5) is 23.2 Å². The third kappa shape index (κ3) is 4.96. The molecule has 0 bridgehead atoms. The Morgan fingerprint density at radius 1 is 1.15 bits per heavy atom. The molecule has 39 heavy (non-hydrogen) atoms. The van der Waals surface area contributed by atoms with E-state index in [2.05, 4.69) is 15.3 Å². The molecule has 5 atom stereocenters. The summed E-state index contributed by atoms with van der Waals surface area (Å²) in [4.78, 5) is 35.1. The van der Waals surface area contributed by atoms with Crippen molar-refractivity contribution in [3.8, 4) is 0 Å². The number of carbonyl (C=O) groups excluding carboxylic acids is 2. The molecule has 12 heteroatoms. The summed E-state index contributed by atoms with van der Waals surface area (Å²) in [5.74, 6) is -4.76. The zero-order valence-corrected chi connectivity index (χ0v) is 21.0. The minimum absolute atomic E-state index is 0.00925. The van der Waals surface area contributed by atoms with Gasteiger partial charge in [-0.15, -0.1) is 11.6 Å². The van der Waals surface area contributed by atoms with E-state index in [0.717, 1.165) is 30.5 Å². The van der Waals surface area contributed by atoms with Crippen molar-refractivity contribution in [3.05, 3.63) is 89.5 Å². The summed E-state index contributed by atoms with van der Waals surface area (Å²) in [5, 5.41) is 13.4. The van der Waals surface area contributed by atoms with E-state index >= 15 is 0 Å². The molecule has 1 aromatic carbocycles. The maximum atomic E-state index is 14.2. The molecular weight excluding hydrogens is 540 g/mol. The quantitative estimate of drug-likeness (QED) is 0.349. The van der Waals surface area contributed by atoms with Crippen LogP contribution >= 0.6 is 11.6 Å². The van der Waals surface area contributed by atoms with Crippen molar-refractivity contribution in [2.24, 2.45) is 11.8 Å². The minimum Gasteiger partial charge on any atom is -0.370 e. The monoisotopic (exact) mass is 562 g/mol. The Morgan fingerprint density at radius 2 is 1.92 bits per heavy atom. The van der Waals surface area contributed by atoms with E-state index in [4.69, 9.17) is 11.6 Å². The summed E-state index contributed by atoms with van der Waals surface area (Å²) in [6, 6.07) is 7.68. The number of rotatable bonds is 6. The number of nitrogens with one attached hydrogen (secondary N) is 1. The molecule has 2 aliphatic rings. The van der Waals surface area contributed by atoms with Crippen LogP contribution in [-0.4, -0.2) is 51.3 Å². The van der Waals surface area contributed by atoms with Crippen LogP contribution in [-0.2, 0) is 10.4 Å². The molecule has 7 nitrogen and oxygen atoms in total. The lowest BCUT2D eigenvalue weighted by molar-refractivity contribution is -0.132. The Balaban J connectivity index is 1.40. The lowest BCUT2D eigenvalue weighted by Crippen LogP contribution is -2.52. The highest BCUT2D eigenvalue weighted by molar-refractivity contribution is 6.21. The Hall–Kier alpha value is -3.57. The van der Waals surface area contributed by atoms with Crippen LogP contribution in [0.5, 0.6) is 0 Å². The second-order valence-corrected chi connectivity index (χ2v) is 10.3. The number of hydrogen-bond acceptors (Lipinski definition) is 5. The van der Waals surface area contributed by atoms with Crippen molar-refractivity contribution in [1.29, 1.82) is 0 Å². The van der Waals surface area contributed by atoms with Crippen molar-refractivity contribution >= 4 is 29.1 Å². The fraction of sp³-hybridized carbons (Fsp3) is 0.333. The molecule has 2 amide bonds. The average Bonchev–Trinajstić information content (AvgIpc) is 3.12. The molecule has 0 unspecified atom stereocenters. The van der Waals surface area contributed by atoms with Crippen LogP contribution in [0.15, 0.2) is 61.1 Å². The van der Waals surface area contributed by atoms with Crippen LogP contribution in [0.2, 0.25) is 0 Å². The molecule has 2 aromatic heterocycles. The zero-order chi connectivity index (χ0) is 27.9. The molecule has 0 spiro atoms. The molecule has 1 aliphatic heterocycles. The van der Waals surface area contributed by atoms with Crippen molar-refractivity contribution < 1.29 is 32.3 Å². The number of aliphatic hydroxyl groups is 1. The van der Waals surface area contributed by atoms with Gasteiger partial charge in [-0.3, -0.25) is 19.6 Å². The molecule has 204 valence electrons. The Bertz CT molecular complexity index is 1380. The van der Waals surface area contributed by atoms with Gasteiger partial charge in [0.05, 0.1) is 23.1 Å². The third-order valence-electron chi connectivity index (χ3n) is 7.36. The van der Waals surface area contributed by atoms with Gasteiger partial charge in [0.15, 0.2) is 0 Å². The van der Waals surface area contributed by atoms with Crippen LogP contribution in [0.3, 0.4) is 0 Å². The molecule has 1 saturated carbocycles. The van der Waals surface area contributed by atoms with E-state index in [9.17, 15) is 32.3 Å². The minimum atomic E-state index is -2.79. The van der Waals surface area contributed by atoms with Gasteiger partial charge in [0.25, 0.3) is 11.8 Å². The SMILES string of the molecule is O=C(N[C@@H]1C[C@@H](Cl)[C@@H](CN2C(=O)[C@](O)(c3ccc(F)cn3)c3cc(F)ccc32)C[C@H]1C(F)F)c1cccnc1. The molecule has 3 aromatic rings. The summed E-state index contributed by atoms with van der Waals surface area (Å²) in [5.41, 5.74) is -2.33. The third-order valence-corrected chi connectivity index (χ3v) is 7.89. The highest BCUT2D eigenvalue weighted by Crippen LogP contribution is 2.46. The van der Waals surface area contributed by atoms with Gasteiger partial charge in [0, 0.05) is 41.8 Å². The first-order chi connectivity index (χ1) is 18.6. The number of halogens is 5. The summed E-state index contributed by atoms with van der Waals surface area (Å²) >= 11 is 6.64. The first-order valence-electron chi connectivity index (χ1n) is 12.2. The standard InChI is InChI=1S/C27H23ClF4N4O3/c28-20-10-21(35-25(37)14-2-1-7-33-11-14)18(24(31)32)8-15(20)13-36-22-5-3-16(29)9-19(22)27(39,26(36)38)23-6-4-17(30)12-34-23/h1-7,9,11-12,15,18,20-21,24,39H,8,10,13H2,(H,35,37)/t15-,18-,20-,21-,27-/m1/s1. The molecule has 5 rings (SSSR count). The summed E-state index contributed by atoms with van der Waals surface area (Å²) in [7, 11) is 0. The normalized spacial score (nSPS) is 26.5. The van der Waals surface area contributed by atoms with Gasteiger partial charge in [-0.05, 0) is 61.2 Å². The summed E-state index contributed by atoms with van der Waals surface area (Å²) in [6.07, 6.45) is 0.732. The Morgan fingerprint density at radius 3 is 2.59 bits per heavy atom. The van der Waals surface area contributed by atoms with E-state index < -0.39 is 58.7 Å². The van der Waals surface area contributed by atoms with E-state index in [1.165, 1.54) is 29.4 Å². The van der Waals surface area contributed by atoms with Gasteiger partial charge in [0.2, 0.25) is 12.0 Å². The molecule has 1 fully saturated rings. The number of anilines is 1. The second-order valence-electron chi connectivity index (χ2n) is 9.72. The lowest BCUT2D eigenvalue weighted by Gasteiger charge is -2.40. The molecule has 0 radical (unpaired) electrons. The number of alkyl halides is 3. The van der Waals surface area contributed by atoms with Gasteiger partial charge >= 0.3 is 0 Å². The number of aromatic nitrogens is 2. The molecule has 3 heterocycles. The fourth-order valence-corrected chi connectivity index (χ4v) is 5.73. The summed E-state index contributed by atoms with van der Waals surface area (Å²) < 4.78 is 56.0. The zero-order valence-electron chi connectivity index (χ0n) is 20.3. The fourth-order valence-electron chi connectivity index (χ4n) is 5.36. The maximum absolute atomic E-state index is 14.2. The van der Waals surface area contributed by atoms with Crippen LogP contribution in [0, 0.1) is 23.5 Å². The highest BCUT2D eigenvalue weighted by atomic mass is 35.5. The van der Waals surface area contributed by atoms with Crippen LogP contribution < -0.4 is 10.2 Å². The first-order valence-corrected chi connectivity index (χ1v) is 12.6. The smallest absolute Gasteiger partial charge is 0.270 e. The number of amides is 2. The molecule has 1 aliphatic carbocycles.